The highest BCUT2D eigenvalue weighted by molar-refractivity contribution is 7.99. The Morgan fingerprint density at radius 3 is 2.00 bits per heavy atom. The average molecular weight is 292 g/mol. The molecular weight excluding hydrogens is 280 g/mol. The zero-order valence-corrected chi connectivity index (χ0v) is 12.2. The summed E-state index contributed by atoms with van der Waals surface area (Å²) in [4.78, 5) is 2.28. The van der Waals surface area contributed by atoms with Crippen LogP contribution in [0.1, 0.15) is 5.56 Å². The molecule has 0 aliphatic rings. The van der Waals surface area contributed by atoms with E-state index >= 15 is 0 Å². The quantitative estimate of drug-likeness (QED) is 0.684. The number of nitrogens with one attached hydrogen (secondary N) is 1. The van der Waals surface area contributed by atoms with Crippen molar-refractivity contribution in [1.29, 1.82) is 10.5 Å². The van der Waals surface area contributed by atoms with Crippen molar-refractivity contribution < 1.29 is 0 Å². The number of anilines is 1. The molecule has 1 N–H and O–H groups in total. The van der Waals surface area contributed by atoms with E-state index in [4.69, 9.17) is 10.5 Å². The van der Waals surface area contributed by atoms with E-state index in [0.29, 0.717) is 0 Å². The highest BCUT2D eigenvalue weighted by atomic mass is 32.2. The molecule has 0 radical (unpaired) electrons. The van der Waals surface area contributed by atoms with Gasteiger partial charge < -0.3 is 0 Å². The highest BCUT2D eigenvalue weighted by Crippen LogP contribution is 2.28. The number of hydrogen-bond acceptors (Lipinski definition) is 5. The van der Waals surface area contributed by atoms with Crippen molar-refractivity contribution in [3.05, 3.63) is 54.1 Å². The van der Waals surface area contributed by atoms with Gasteiger partial charge in [-0.2, -0.15) is 15.6 Å². The first-order chi connectivity index (χ1) is 10.2. The second-order valence-corrected chi connectivity index (χ2v) is 5.38. The number of benzene rings is 2. The summed E-state index contributed by atoms with van der Waals surface area (Å²) >= 11 is 1.67. The lowest BCUT2D eigenvalue weighted by Crippen LogP contribution is -1.95. The Morgan fingerprint density at radius 2 is 1.48 bits per heavy atom. The van der Waals surface area contributed by atoms with Gasteiger partial charge in [-0.15, -0.1) is 0 Å². The number of nitrogens with zero attached hydrogens (tertiary/aromatic N) is 3. The van der Waals surface area contributed by atoms with Crippen molar-refractivity contribution in [2.45, 2.75) is 16.7 Å². The Kier molecular flexibility index (Phi) is 4.98. The van der Waals surface area contributed by atoms with Gasteiger partial charge >= 0.3 is 0 Å². The third-order valence-corrected chi connectivity index (χ3v) is 3.64. The van der Waals surface area contributed by atoms with Gasteiger partial charge in [-0.1, -0.05) is 29.5 Å². The number of aryl methyl sites for hydroxylation is 1. The first-order valence-electron chi connectivity index (χ1n) is 6.20. The normalized spacial score (nSPS) is 9.29. The van der Waals surface area contributed by atoms with E-state index in [1.165, 1.54) is 10.5 Å². The van der Waals surface area contributed by atoms with Crippen LogP contribution in [0, 0.1) is 29.6 Å². The molecule has 0 aliphatic heterocycles. The van der Waals surface area contributed by atoms with E-state index in [0.717, 1.165) is 10.6 Å². The molecule has 2 rings (SSSR count). The second-order valence-electron chi connectivity index (χ2n) is 4.24. The molecule has 5 heteroatoms. The smallest absolute Gasteiger partial charge is 0.237 e. The van der Waals surface area contributed by atoms with Crippen LogP contribution >= 0.6 is 11.8 Å². The van der Waals surface area contributed by atoms with Gasteiger partial charge in [-0.3, -0.25) is 5.43 Å². The fraction of sp³-hybridized carbons (Fsp3) is 0.0625. The zero-order chi connectivity index (χ0) is 15.1. The molecule has 21 heavy (non-hydrogen) atoms. The molecule has 0 spiro atoms. The molecular formula is C16H12N4S. The van der Waals surface area contributed by atoms with Gasteiger partial charge in [0, 0.05) is 9.79 Å². The standard InChI is InChI=1S/C16H12N4S/c1-12-2-6-15(7-3-12)21-16-8-4-13(5-9-16)19-20-14(10-17)11-18/h2-9,19H,1H3. The van der Waals surface area contributed by atoms with Crippen LogP contribution in [-0.4, -0.2) is 5.71 Å². The Labute approximate surface area is 127 Å². The molecule has 2 aromatic rings. The third kappa shape index (κ3) is 4.38. The lowest BCUT2D eigenvalue weighted by atomic mass is 10.2. The van der Waals surface area contributed by atoms with Gasteiger partial charge in [0.1, 0.15) is 12.1 Å². The molecule has 0 atom stereocenters. The summed E-state index contributed by atoms with van der Waals surface area (Å²) in [6, 6.07) is 19.3. The molecule has 2 aromatic carbocycles. The number of hydrogen-bond donors (Lipinski definition) is 1. The fourth-order valence-electron chi connectivity index (χ4n) is 1.54. The molecule has 102 valence electrons. The van der Waals surface area contributed by atoms with E-state index in [9.17, 15) is 0 Å². The van der Waals surface area contributed by atoms with E-state index in [2.05, 4.69) is 41.7 Å². The van der Waals surface area contributed by atoms with Gasteiger partial charge in [0.2, 0.25) is 5.71 Å². The summed E-state index contributed by atoms with van der Waals surface area (Å²) in [5.41, 5.74) is 4.44. The highest BCUT2D eigenvalue weighted by Gasteiger charge is 1.98. The predicted molar refractivity (Wildman–Crippen MR) is 84.0 cm³/mol. The van der Waals surface area contributed by atoms with Crippen LogP contribution in [-0.2, 0) is 0 Å². The van der Waals surface area contributed by atoms with Crippen molar-refractivity contribution in [3.8, 4) is 12.1 Å². The minimum Gasteiger partial charge on any atom is -0.277 e. The lowest BCUT2D eigenvalue weighted by Gasteiger charge is -2.04. The summed E-state index contributed by atoms with van der Waals surface area (Å²) < 4.78 is 0. The van der Waals surface area contributed by atoms with E-state index < -0.39 is 0 Å². The largest absolute Gasteiger partial charge is 0.277 e. The van der Waals surface area contributed by atoms with Gasteiger partial charge in [0.15, 0.2) is 0 Å². The Hall–Kier alpha value is -2.76. The van der Waals surface area contributed by atoms with Crippen molar-refractivity contribution >= 4 is 23.2 Å². The first-order valence-corrected chi connectivity index (χ1v) is 7.01. The van der Waals surface area contributed by atoms with Crippen molar-refractivity contribution in [2.24, 2.45) is 5.10 Å². The Morgan fingerprint density at radius 1 is 0.952 bits per heavy atom. The van der Waals surface area contributed by atoms with E-state index in [1.807, 2.05) is 24.3 Å². The maximum absolute atomic E-state index is 8.59. The SMILES string of the molecule is Cc1ccc(Sc2ccc(NN=C(C#N)C#N)cc2)cc1. The van der Waals surface area contributed by atoms with E-state index in [1.54, 1.807) is 23.9 Å². The molecule has 0 amide bonds. The maximum Gasteiger partial charge on any atom is 0.237 e. The number of hydrazone groups is 1. The minimum atomic E-state index is -0.201. The van der Waals surface area contributed by atoms with Crippen molar-refractivity contribution in [1.82, 2.24) is 0 Å². The lowest BCUT2D eigenvalue weighted by molar-refractivity contribution is 1.31. The topological polar surface area (TPSA) is 72.0 Å². The van der Waals surface area contributed by atoms with Crippen LogP contribution in [0.2, 0.25) is 0 Å². The van der Waals surface area contributed by atoms with Crippen LogP contribution in [0.4, 0.5) is 5.69 Å². The summed E-state index contributed by atoms with van der Waals surface area (Å²) in [5.74, 6) is 0. The minimum absolute atomic E-state index is 0.201. The van der Waals surface area contributed by atoms with Gasteiger partial charge in [0.05, 0.1) is 5.69 Å². The Balaban J connectivity index is 2.03. The third-order valence-electron chi connectivity index (χ3n) is 2.62. The van der Waals surface area contributed by atoms with Gasteiger partial charge in [-0.25, -0.2) is 0 Å². The molecule has 0 unspecified atom stereocenters. The molecule has 0 saturated heterocycles. The van der Waals surface area contributed by atoms with Crippen LogP contribution < -0.4 is 5.43 Å². The summed E-state index contributed by atoms with van der Waals surface area (Å²) in [6.07, 6.45) is 0. The maximum atomic E-state index is 8.59. The predicted octanol–water partition coefficient (Wildman–Crippen LogP) is 3.96. The summed E-state index contributed by atoms with van der Waals surface area (Å²) in [5, 5.41) is 20.9. The average Bonchev–Trinajstić information content (AvgIpc) is 2.52. The van der Waals surface area contributed by atoms with Crippen molar-refractivity contribution in [2.75, 3.05) is 5.43 Å². The van der Waals surface area contributed by atoms with Crippen LogP contribution in [0.3, 0.4) is 0 Å². The molecule has 0 aromatic heterocycles. The first kappa shape index (κ1) is 14.6. The molecule has 0 fully saturated rings. The van der Waals surface area contributed by atoms with Gasteiger partial charge in [0.25, 0.3) is 0 Å². The van der Waals surface area contributed by atoms with Crippen LogP contribution in [0.15, 0.2) is 63.4 Å². The summed E-state index contributed by atoms with van der Waals surface area (Å²) in [7, 11) is 0. The second kappa shape index (κ2) is 7.14. The van der Waals surface area contributed by atoms with Gasteiger partial charge in [-0.05, 0) is 43.3 Å². The number of nitriles is 2. The monoisotopic (exact) mass is 292 g/mol. The number of rotatable bonds is 4. The molecule has 0 saturated carbocycles. The molecule has 0 bridgehead atoms. The fourth-order valence-corrected chi connectivity index (χ4v) is 2.35. The molecule has 0 aliphatic carbocycles. The molecule has 4 nitrogen and oxygen atoms in total. The summed E-state index contributed by atoms with van der Waals surface area (Å²) in [6.45, 7) is 2.06. The molecule has 0 heterocycles. The van der Waals surface area contributed by atoms with Crippen molar-refractivity contribution in [3.63, 3.8) is 0 Å². The van der Waals surface area contributed by atoms with Crippen LogP contribution in [0.5, 0.6) is 0 Å². The van der Waals surface area contributed by atoms with Crippen LogP contribution in [0.25, 0.3) is 0 Å². The van der Waals surface area contributed by atoms with E-state index in [-0.39, 0.29) is 5.71 Å². The zero-order valence-electron chi connectivity index (χ0n) is 11.4. The Bertz CT molecular complexity index is 703.